The lowest BCUT2D eigenvalue weighted by Gasteiger charge is -2.34. The largest absolute Gasteiger partial charge is 0.497 e. The number of likely N-dealkylation sites (N-methyl/N-ethyl adjacent to an activating group) is 1. The average Bonchev–Trinajstić information content (AvgIpc) is 3.28. The highest BCUT2D eigenvalue weighted by Gasteiger charge is 2.21. The van der Waals surface area contributed by atoms with Crippen molar-refractivity contribution in [2.45, 2.75) is 24.9 Å². The number of halogens is 1. The molecular formula is C22H34IN5OS. The van der Waals surface area contributed by atoms with E-state index in [0.717, 1.165) is 44.2 Å². The summed E-state index contributed by atoms with van der Waals surface area (Å²) in [5.74, 6) is 1.75. The van der Waals surface area contributed by atoms with Gasteiger partial charge in [0.2, 0.25) is 0 Å². The molecule has 1 aromatic carbocycles. The number of piperidine rings is 1. The predicted octanol–water partition coefficient (Wildman–Crippen LogP) is 3.81. The number of hydrogen-bond donors (Lipinski definition) is 2. The summed E-state index contributed by atoms with van der Waals surface area (Å²) in [6, 6.07) is 13.3. The van der Waals surface area contributed by atoms with E-state index in [1.165, 1.54) is 10.6 Å². The number of nitrogens with zero attached hydrogens (tertiary/aromatic N) is 3. The van der Waals surface area contributed by atoms with Gasteiger partial charge in [-0.1, -0.05) is 12.1 Å². The number of ether oxygens (including phenoxy) is 1. The molecule has 1 fully saturated rings. The third kappa shape index (κ3) is 6.75. The molecule has 3 rings (SSSR count). The van der Waals surface area contributed by atoms with Crippen LogP contribution in [0, 0.1) is 0 Å². The summed E-state index contributed by atoms with van der Waals surface area (Å²) in [6.45, 7) is 2.94. The lowest BCUT2D eigenvalue weighted by atomic mass is 10.0. The SMILES string of the molecule is CN=C(NCC(c1cccc(OC)c1)N(C)C)NC1CCN(c2cccs2)CC1.I. The van der Waals surface area contributed by atoms with Gasteiger partial charge in [-0.15, -0.1) is 35.3 Å². The van der Waals surface area contributed by atoms with E-state index in [1.54, 1.807) is 7.11 Å². The number of thiophene rings is 1. The van der Waals surface area contributed by atoms with E-state index in [4.69, 9.17) is 4.74 Å². The molecule has 1 saturated heterocycles. The molecule has 1 atom stereocenters. The molecule has 2 heterocycles. The molecule has 2 N–H and O–H groups in total. The van der Waals surface area contributed by atoms with Gasteiger partial charge in [-0.3, -0.25) is 4.99 Å². The normalized spacial score (nSPS) is 16.2. The molecule has 1 aromatic heterocycles. The topological polar surface area (TPSA) is 52.1 Å². The van der Waals surface area contributed by atoms with E-state index < -0.39 is 0 Å². The Kier molecular flexibility index (Phi) is 10.2. The van der Waals surface area contributed by atoms with E-state index in [1.807, 2.05) is 30.5 Å². The Hall–Kier alpha value is -1.52. The molecule has 0 saturated carbocycles. The van der Waals surface area contributed by atoms with E-state index in [9.17, 15) is 0 Å². The third-order valence-electron chi connectivity index (χ3n) is 5.44. The number of benzene rings is 1. The molecule has 0 bridgehead atoms. The molecule has 30 heavy (non-hydrogen) atoms. The van der Waals surface area contributed by atoms with Crippen molar-refractivity contribution in [1.29, 1.82) is 0 Å². The summed E-state index contributed by atoms with van der Waals surface area (Å²) >= 11 is 1.82. The fourth-order valence-corrected chi connectivity index (χ4v) is 4.51. The third-order valence-corrected chi connectivity index (χ3v) is 6.37. The first kappa shape index (κ1) is 24.7. The van der Waals surface area contributed by atoms with Crippen LogP contribution in [-0.2, 0) is 0 Å². The number of nitrogens with one attached hydrogen (secondary N) is 2. The van der Waals surface area contributed by atoms with Crippen molar-refractivity contribution in [1.82, 2.24) is 15.5 Å². The molecule has 8 heteroatoms. The van der Waals surface area contributed by atoms with Gasteiger partial charge >= 0.3 is 0 Å². The van der Waals surface area contributed by atoms with Gasteiger partial charge in [0.25, 0.3) is 0 Å². The van der Waals surface area contributed by atoms with E-state index in [0.29, 0.717) is 6.04 Å². The molecule has 0 spiro atoms. The van der Waals surface area contributed by atoms with Crippen LogP contribution >= 0.6 is 35.3 Å². The highest BCUT2D eigenvalue weighted by Crippen LogP contribution is 2.25. The van der Waals surface area contributed by atoms with Gasteiger partial charge in [0.1, 0.15) is 5.75 Å². The Morgan fingerprint density at radius 3 is 2.63 bits per heavy atom. The average molecular weight is 544 g/mol. The first-order chi connectivity index (χ1) is 14.1. The van der Waals surface area contributed by atoms with Crippen LogP contribution in [0.25, 0.3) is 0 Å². The quantitative estimate of drug-likeness (QED) is 0.316. The van der Waals surface area contributed by atoms with Crippen molar-refractivity contribution in [2.24, 2.45) is 4.99 Å². The van der Waals surface area contributed by atoms with Gasteiger partial charge in [0.05, 0.1) is 18.2 Å². The molecule has 1 aliphatic heterocycles. The number of hydrogen-bond acceptors (Lipinski definition) is 5. The lowest BCUT2D eigenvalue weighted by molar-refractivity contribution is 0.296. The first-order valence-electron chi connectivity index (χ1n) is 10.2. The van der Waals surface area contributed by atoms with Crippen molar-refractivity contribution in [3.63, 3.8) is 0 Å². The zero-order valence-corrected chi connectivity index (χ0v) is 21.4. The second-order valence-electron chi connectivity index (χ2n) is 7.57. The smallest absolute Gasteiger partial charge is 0.191 e. The minimum atomic E-state index is 0. The van der Waals surface area contributed by atoms with Crippen LogP contribution in [0.2, 0.25) is 0 Å². The predicted molar refractivity (Wildman–Crippen MR) is 139 cm³/mol. The highest BCUT2D eigenvalue weighted by atomic mass is 127. The van der Waals surface area contributed by atoms with Crippen LogP contribution in [0.4, 0.5) is 5.00 Å². The summed E-state index contributed by atoms with van der Waals surface area (Å²) in [4.78, 5) is 9.14. The maximum absolute atomic E-state index is 5.39. The Labute approximate surface area is 201 Å². The van der Waals surface area contributed by atoms with Gasteiger partial charge in [0.15, 0.2) is 5.96 Å². The summed E-state index contributed by atoms with van der Waals surface area (Å²) in [5.41, 5.74) is 1.22. The van der Waals surface area contributed by atoms with Crippen LogP contribution in [0.1, 0.15) is 24.4 Å². The monoisotopic (exact) mass is 543 g/mol. The number of anilines is 1. The second kappa shape index (κ2) is 12.4. The van der Waals surface area contributed by atoms with Gasteiger partial charge in [-0.2, -0.15) is 0 Å². The fourth-order valence-electron chi connectivity index (χ4n) is 3.72. The molecule has 1 unspecified atom stereocenters. The molecule has 0 amide bonds. The first-order valence-corrected chi connectivity index (χ1v) is 11.0. The standard InChI is InChI=1S/C22H33N5OS.HI/c1-23-22(25-18-10-12-27(13-11-18)21-9-6-14-29-21)24-16-20(26(2)3)17-7-5-8-19(15-17)28-4;/h5-9,14-15,18,20H,10-13,16H2,1-4H3,(H2,23,24,25);1H. The number of aliphatic imine (C=N–C) groups is 1. The van der Waals surface area contributed by atoms with Crippen molar-refractivity contribution >= 4 is 46.3 Å². The van der Waals surface area contributed by atoms with E-state index >= 15 is 0 Å². The van der Waals surface area contributed by atoms with Crippen LogP contribution < -0.4 is 20.3 Å². The molecule has 1 aliphatic rings. The van der Waals surface area contributed by atoms with Gasteiger partial charge in [-0.05, 0) is 62.1 Å². The van der Waals surface area contributed by atoms with Gasteiger partial charge < -0.3 is 25.2 Å². The van der Waals surface area contributed by atoms with Crippen LogP contribution in [-0.4, -0.2) is 64.8 Å². The lowest BCUT2D eigenvalue weighted by Crippen LogP contribution is -2.49. The maximum Gasteiger partial charge on any atom is 0.191 e. The Bertz CT molecular complexity index is 776. The molecule has 166 valence electrons. The van der Waals surface area contributed by atoms with Crippen molar-refractivity contribution in [2.75, 3.05) is 52.8 Å². The van der Waals surface area contributed by atoms with Crippen molar-refractivity contribution in [3.8, 4) is 5.75 Å². The number of guanidine groups is 1. The molecular weight excluding hydrogens is 509 g/mol. The zero-order chi connectivity index (χ0) is 20.6. The summed E-state index contributed by atoms with van der Waals surface area (Å²) in [6.07, 6.45) is 2.23. The fraction of sp³-hybridized carbons (Fsp3) is 0.500. The van der Waals surface area contributed by atoms with Crippen LogP contribution in [0.5, 0.6) is 5.75 Å². The Morgan fingerprint density at radius 2 is 2.03 bits per heavy atom. The van der Waals surface area contributed by atoms with Gasteiger partial charge in [0, 0.05) is 32.7 Å². The molecule has 0 radical (unpaired) electrons. The van der Waals surface area contributed by atoms with Crippen molar-refractivity contribution in [3.05, 3.63) is 47.3 Å². The minimum Gasteiger partial charge on any atom is -0.497 e. The highest BCUT2D eigenvalue weighted by molar-refractivity contribution is 14.0. The second-order valence-corrected chi connectivity index (χ2v) is 8.49. The van der Waals surface area contributed by atoms with Gasteiger partial charge in [-0.25, -0.2) is 0 Å². The Morgan fingerprint density at radius 1 is 1.27 bits per heavy atom. The molecule has 6 nitrogen and oxygen atoms in total. The zero-order valence-electron chi connectivity index (χ0n) is 18.3. The minimum absolute atomic E-state index is 0. The van der Waals surface area contributed by atoms with Crippen molar-refractivity contribution < 1.29 is 4.74 Å². The molecule has 2 aromatic rings. The number of methoxy groups -OCH3 is 1. The van der Waals surface area contributed by atoms with E-state index in [2.05, 4.69) is 69.2 Å². The number of rotatable bonds is 7. The van der Waals surface area contributed by atoms with Crippen LogP contribution in [0.3, 0.4) is 0 Å². The maximum atomic E-state index is 5.39. The van der Waals surface area contributed by atoms with E-state index in [-0.39, 0.29) is 30.0 Å². The Balaban J connectivity index is 0.00000320. The summed E-state index contributed by atoms with van der Waals surface area (Å²) in [7, 11) is 7.74. The van der Waals surface area contributed by atoms with Crippen LogP contribution in [0.15, 0.2) is 46.8 Å². The summed E-state index contributed by atoms with van der Waals surface area (Å²) < 4.78 is 5.39. The summed E-state index contributed by atoms with van der Waals surface area (Å²) in [5, 5.41) is 10.7. The molecule has 0 aliphatic carbocycles.